The number of hydrogen-bond donors (Lipinski definition) is 0. The molecule has 0 unspecified atom stereocenters. The third-order valence-corrected chi connectivity index (χ3v) is 2.17. The first-order valence-corrected chi connectivity index (χ1v) is 4.73. The van der Waals surface area contributed by atoms with Gasteiger partial charge in [0.1, 0.15) is 3.70 Å². The van der Waals surface area contributed by atoms with Crippen molar-refractivity contribution in [3.05, 3.63) is 26.8 Å². The van der Waals surface area contributed by atoms with E-state index in [4.69, 9.17) is 11.6 Å². The van der Waals surface area contributed by atoms with Gasteiger partial charge in [-0.15, -0.1) is 0 Å². The van der Waals surface area contributed by atoms with Crippen LogP contribution in [0.1, 0.15) is 22.3 Å². The van der Waals surface area contributed by atoms with Crippen molar-refractivity contribution in [3.63, 3.8) is 0 Å². The van der Waals surface area contributed by atoms with Gasteiger partial charge in [0.2, 0.25) is 5.95 Å². The average molecular weight is 335 g/mol. The Bertz CT molecular complexity index is 385. The van der Waals surface area contributed by atoms with E-state index in [9.17, 15) is 18.0 Å². The van der Waals surface area contributed by atoms with E-state index in [1.54, 1.807) is 22.6 Å². The second-order valence-electron chi connectivity index (χ2n) is 2.27. The van der Waals surface area contributed by atoms with Gasteiger partial charge in [0.25, 0.3) is 11.7 Å². The van der Waals surface area contributed by atoms with Crippen LogP contribution in [0.15, 0.2) is 6.07 Å². The predicted octanol–water partition coefficient (Wildman–Crippen LogP) is 3.14. The number of rotatable bonds is 2. The lowest BCUT2D eigenvalue weighted by Gasteiger charge is -2.05. The van der Waals surface area contributed by atoms with Gasteiger partial charge in [-0.3, -0.25) is 4.79 Å². The molecule has 2 nitrogen and oxygen atoms in total. The first-order chi connectivity index (χ1) is 6.43. The molecule has 0 radical (unpaired) electrons. The molecule has 0 saturated heterocycles. The van der Waals surface area contributed by atoms with Gasteiger partial charge >= 0.3 is 0 Å². The van der Waals surface area contributed by atoms with Gasteiger partial charge < -0.3 is 0 Å². The summed E-state index contributed by atoms with van der Waals surface area (Å²) < 4.78 is 37.6. The van der Waals surface area contributed by atoms with Crippen LogP contribution in [0, 0.1) is 9.65 Å². The Morgan fingerprint density at radius 2 is 2.14 bits per heavy atom. The van der Waals surface area contributed by atoms with Crippen molar-refractivity contribution in [2.75, 3.05) is 0 Å². The molecule has 14 heavy (non-hydrogen) atoms. The monoisotopic (exact) mass is 335 g/mol. The van der Waals surface area contributed by atoms with Gasteiger partial charge in [-0.1, -0.05) is 0 Å². The minimum Gasteiger partial charge on any atom is -0.276 e. The molecule has 0 saturated carbocycles. The Morgan fingerprint density at radius 1 is 1.57 bits per heavy atom. The van der Waals surface area contributed by atoms with Crippen LogP contribution in [0.4, 0.5) is 13.2 Å². The number of carbonyl (C=O) groups excluding carboxylic acids is 1. The summed E-state index contributed by atoms with van der Waals surface area (Å²) in [6, 6.07) is 1.01. The van der Waals surface area contributed by atoms with Gasteiger partial charge in [-0.2, -0.15) is 4.39 Å². The Labute approximate surface area is 95.6 Å². The summed E-state index contributed by atoms with van der Waals surface area (Å²) in [7, 11) is 0. The number of halogens is 5. The standard InChI is InChI=1S/C7H2ClF3INO/c8-5(14)2-1-3(12)13-7(11)4(2)6(9)10/h1,6H. The molecule has 0 atom stereocenters. The van der Waals surface area contributed by atoms with Gasteiger partial charge in [-0.05, 0) is 40.3 Å². The van der Waals surface area contributed by atoms with Crippen LogP contribution < -0.4 is 0 Å². The highest BCUT2D eigenvalue weighted by Crippen LogP contribution is 2.27. The molecule has 0 aliphatic carbocycles. The van der Waals surface area contributed by atoms with Gasteiger partial charge in [-0.25, -0.2) is 13.8 Å². The van der Waals surface area contributed by atoms with E-state index in [0.717, 1.165) is 6.07 Å². The van der Waals surface area contributed by atoms with E-state index < -0.39 is 28.7 Å². The van der Waals surface area contributed by atoms with Gasteiger partial charge in [0, 0.05) is 0 Å². The average Bonchev–Trinajstić information content (AvgIpc) is 2.01. The van der Waals surface area contributed by atoms with E-state index in [1.807, 2.05) is 0 Å². The molecular formula is C7H2ClF3INO. The van der Waals surface area contributed by atoms with Crippen LogP contribution in [0.3, 0.4) is 0 Å². The topological polar surface area (TPSA) is 30.0 Å². The Kier molecular flexibility index (Phi) is 3.71. The highest BCUT2D eigenvalue weighted by molar-refractivity contribution is 14.1. The molecule has 1 rings (SSSR count). The zero-order valence-electron chi connectivity index (χ0n) is 6.40. The van der Waals surface area contributed by atoms with Crippen LogP contribution in [-0.4, -0.2) is 10.2 Å². The molecule has 1 heterocycles. The van der Waals surface area contributed by atoms with Crippen molar-refractivity contribution >= 4 is 39.4 Å². The second-order valence-corrected chi connectivity index (χ2v) is 3.72. The van der Waals surface area contributed by atoms with Crippen LogP contribution >= 0.6 is 34.2 Å². The lowest BCUT2D eigenvalue weighted by atomic mass is 10.1. The minimum atomic E-state index is -3.11. The van der Waals surface area contributed by atoms with E-state index in [0.29, 0.717) is 0 Å². The van der Waals surface area contributed by atoms with Crippen molar-refractivity contribution in [3.8, 4) is 0 Å². The van der Waals surface area contributed by atoms with Crippen LogP contribution in [-0.2, 0) is 0 Å². The minimum absolute atomic E-state index is 0.0912. The SMILES string of the molecule is O=C(Cl)c1cc(I)nc(F)c1C(F)F. The first-order valence-electron chi connectivity index (χ1n) is 3.27. The van der Waals surface area contributed by atoms with Crippen LogP contribution in [0.2, 0.25) is 0 Å². The highest BCUT2D eigenvalue weighted by Gasteiger charge is 2.23. The normalized spacial score (nSPS) is 10.7. The predicted molar refractivity (Wildman–Crippen MR) is 52.1 cm³/mol. The third kappa shape index (κ3) is 2.35. The third-order valence-electron chi connectivity index (χ3n) is 1.41. The Balaban J connectivity index is 3.44. The van der Waals surface area contributed by atoms with Crippen molar-refractivity contribution in [1.82, 2.24) is 4.98 Å². The van der Waals surface area contributed by atoms with Crippen molar-refractivity contribution in [2.45, 2.75) is 6.43 Å². The smallest absolute Gasteiger partial charge is 0.269 e. The number of aromatic nitrogens is 1. The summed E-state index contributed by atoms with van der Waals surface area (Å²) in [6.45, 7) is 0. The molecule has 7 heteroatoms. The molecule has 0 aliphatic heterocycles. The maximum Gasteiger partial charge on any atom is 0.269 e. The van der Waals surface area contributed by atoms with Crippen molar-refractivity contribution < 1.29 is 18.0 Å². The van der Waals surface area contributed by atoms with Gasteiger partial charge in [0.15, 0.2) is 0 Å². The number of hydrogen-bond acceptors (Lipinski definition) is 2. The molecule has 1 aromatic rings. The lowest BCUT2D eigenvalue weighted by Crippen LogP contribution is -2.05. The highest BCUT2D eigenvalue weighted by atomic mass is 127. The summed E-state index contributed by atoms with van der Waals surface area (Å²) in [5.74, 6) is -1.36. The summed E-state index contributed by atoms with van der Waals surface area (Å²) in [4.78, 5) is 13.9. The fourth-order valence-electron chi connectivity index (χ4n) is 0.864. The zero-order chi connectivity index (χ0) is 10.9. The quantitative estimate of drug-likeness (QED) is 0.472. The number of nitrogens with zero attached hydrogens (tertiary/aromatic N) is 1. The summed E-state index contributed by atoms with van der Waals surface area (Å²) >= 11 is 6.62. The van der Waals surface area contributed by atoms with Crippen molar-refractivity contribution in [1.29, 1.82) is 0 Å². The molecule has 0 aliphatic rings. The van der Waals surface area contributed by atoms with E-state index in [1.165, 1.54) is 0 Å². The van der Waals surface area contributed by atoms with E-state index in [2.05, 4.69) is 4.98 Å². The fraction of sp³-hybridized carbons (Fsp3) is 0.143. The van der Waals surface area contributed by atoms with E-state index in [-0.39, 0.29) is 3.70 Å². The maximum atomic E-state index is 12.9. The molecule has 0 aromatic carbocycles. The first kappa shape index (κ1) is 11.7. The largest absolute Gasteiger partial charge is 0.276 e. The molecule has 76 valence electrons. The fourth-order valence-corrected chi connectivity index (χ4v) is 1.54. The zero-order valence-corrected chi connectivity index (χ0v) is 9.31. The Morgan fingerprint density at radius 3 is 2.57 bits per heavy atom. The molecule has 0 amide bonds. The Hall–Kier alpha value is -0.370. The van der Waals surface area contributed by atoms with Crippen LogP contribution in [0.25, 0.3) is 0 Å². The second kappa shape index (κ2) is 4.43. The summed E-state index contributed by atoms with van der Waals surface area (Å²) in [5.41, 5.74) is -1.59. The molecule has 0 bridgehead atoms. The van der Waals surface area contributed by atoms with Gasteiger partial charge in [0.05, 0.1) is 11.1 Å². The molecule has 0 N–H and O–H groups in total. The van der Waals surface area contributed by atoms with Crippen molar-refractivity contribution in [2.24, 2.45) is 0 Å². The number of alkyl halides is 2. The maximum absolute atomic E-state index is 12.9. The molecule has 0 spiro atoms. The summed E-state index contributed by atoms with van der Waals surface area (Å²) in [6.07, 6.45) is -3.11. The summed E-state index contributed by atoms with van der Waals surface area (Å²) in [5, 5.41) is -1.13. The molecule has 0 fully saturated rings. The van der Waals surface area contributed by atoms with E-state index >= 15 is 0 Å². The molecular weight excluding hydrogens is 333 g/mol. The molecule has 1 aromatic heterocycles. The number of pyridine rings is 1. The van der Waals surface area contributed by atoms with Crippen LogP contribution in [0.5, 0.6) is 0 Å². The lowest BCUT2D eigenvalue weighted by molar-refractivity contribution is 0.106. The number of carbonyl (C=O) groups is 1.